The number of amides is 1. The van der Waals surface area contributed by atoms with Crippen molar-refractivity contribution in [2.24, 2.45) is 5.92 Å². The zero-order valence-electron chi connectivity index (χ0n) is 17.1. The number of furan rings is 1. The lowest BCUT2D eigenvalue weighted by Gasteiger charge is -2.31. The van der Waals surface area contributed by atoms with Gasteiger partial charge in [0, 0.05) is 25.6 Å². The molecule has 1 saturated heterocycles. The number of benzene rings is 1. The van der Waals surface area contributed by atoms with Crippen LogP contribution < -0.4 is 15.0 Å². The number of nitrogens with one attached hydrogen (secondary N) is 1. The van der Waals surface area contributed by atoms with Crippen LogP contribution in [0.1, 0.15) is 18.4 Å². The van der Waals surface area contributed by atoms with Gasteiger partial charge in [0.05, 0.1) is 13.4 Å². The first-order valence-electron chi connectivity index (χ1n) is 10.3. The third kappa shape index (κ3) is 4.79. The molecule has 0 bridgehead atoms. The van der Waals surface area contributed by atoms with Crippen molar-refractivity contribution >= 4 is 11.7 Å². The van der Waals surface area contributed by atoms with Crippen LogP contribution in [-0.4, -0.2) is 42.8 Å². The molecule has 0 aliphatic carbocycles. The second-order valence-corrected chi connectivity index (χ2v) is 7.41. The van der Waals surface area contributed by atoms with E-state index in [1.807, 2.05) is 48.5 Å². The Kier molecular flexibility index (Phi) is 6.27. The van der Waals surface area contributed by atoms with E-state index in [0.29, 0.717) is 18.0 Å². The maximum atomic E-state index is 12.5. The van der Waals surface area contributed by atoms with Gasteiger partial charge in [0.15, 0.2) is 11.6 Å². The average Bonchev–Trinajstić information content (AvgIpc) is 3.34. The molecule has 3 aromatic rings. The summed E-state index contributed by atoms with van der Waals surface area (Å²) in [6, 6.07) is 15.5. The smallest absolute Gasteiger partial charge is 0.223 e. The summed E-state index contributed by atoms with van der Waals surface area (Å²) in [6.45, 7) is 2.22. The number of nitrogens with zero attached hydrogens (tertiary/aromatic N) is 3. The number of methoxy groups -OCH3 is 1. The Hall–Kier alpha value is -3.35. The molecular formula is C23H26N4O3. The molecule has 0 radical (unpaired) electrons. The van der Waals surface area contributed by atoms with Gasteiger partial charge in [0.25, 0.3) is 0 Å². The summed E-state index contributed by atoms with van der Waals surface area (Å²) in [7, 11) is 1.66. The average molecular weight is 406 g/mol. The van der Waals surface area contributed by atoms with E-state index in [1.54, 1.807) is 13.4 Å². The van der Waals surface area contributed by atoms with Gasteiger partial charge in [-0.1, -0.05) is 12.1 Å². The summed E-state index contributed by atoms with van der Waals surface area (Å²) in [5, 5.41) is 11.7. The van der Waals surface area contributed by atoms with Crippen LogP contribution in [0.2, 0.25) is 0 Å². The number of anilines is 1. The van der Waals surface area contributed by atoms with E-state index in [0.717, 1.165) is 49.5 Å². The number of aromatic nitrogens is 2. The number of carbonyl (C=O) groups is 1. The second-order valence-electron chi connectivity index (χ2n) is 7.41. The Labute approximate surface area is 176 Å². The third-order valence-electron chi connectivity index (χ3n) is 5.46. The van der Waals surface area contributed by atoms with Crippen molar-refractivity contribution in [1.82, 2.24) is 15.5 Å². The van der Waals surface area contributed by atoms with Crippen LogP contribution in [0.15, 0.2) is 59.2 Å². The Bertz CT molecular complexity index is 949. The first-order chi connectivity index (χ1) is 14.7. The summed E-state index contributed by atoms with van der Waals surface area (Å²) in [5.41, 5.74) is 1.87. The van der Waals surface area contributed by atoms with Gasteiger partial charge in [-0.15, -0.1) is 10.2 Å². The number of carbonyl (C=O) groups excluding carboxylic acids is 1. The van der Waals surface area contributed by atoms with E-state index in [-0.39, 0.29) is 11.8 Å². The van der Waals surface area contributed by atoms with Crippen LogP contribution in [0, 0.1) is 5.92 Å². The van der Waals surface area contributed by atoms with Crippen LogP contribution in [-0.2, 0) is 11.2 Å². The molecule has 1 aromatic carbocycles. The fourth-order valence-corrected chi connectivity index (χ4v) is 3.72. The Morgan fingerprint density at radius 3 is 2.73 bits per heavy atom. The summed E-state index contributed by atoms with van der Waals surface area (Å²) in [6.07, 6.45) is 4.04. The highest BCUT2D eigenvalue weighted by atomic mass is 16.5. The van der Waals surface area contributed by atoms with Crippen LogP contribution in [0.4, 0.5) is 5.82 Å². The minimum atomic E-state index is 0.0434. The van der Waals surface area contributed by atoms with Gasteiger partial charge in [0.2, 0.25) is 5.91 Å². The molecule has 1 amide bonds. The number of hydrogen-bond donors (Lipinski definition) is 1. The van der Waals surface area contributed by atoms with Crippen molar-refractivity contribution in [1.29, 1.82) is 0 Å². The van der Waals surface area contributed by atoms with Crippen molar-refractivity contribution in [2.45, 2.75) is 19.3 Å². The molecule has 1 N–H and O–H groups in total. The van der Waals surface area contributed by atoms with Gasteiger partial charge in [0.1, 0.15) is 11.4 Å². The topological polar surface area (TPSA) is 80.5 Å². The molecule has 30 heavy (non-hydrogen) atoms. The lowest BCUT2D eigenvalue weighted by molar-refractivity contribution is -0.125. The molecule has 7 heteroatoms. The lowest BCUT2D eigenvalue weighted by atomic mass is 9.96. The van der Waals surface area contributed by atoms with Crippen molar-refractivity contribution in [2.75, 3.05) is 31.6 Å². The van der Waals surface area contributed by atoms with Crippen molar-refractivity contribution < 1.29 is 13.9 Å². The lowest BCUT2D eigenvalue weighted by Crippen LogP contribution is -2.41. The zero-order valence-corrected chi connectivity index (χ0v) is 17.1. The van der Waals surface area contributed by atoms with Crippen LogP contribution in [0.5, 0.6) is 5.75 Å². The molecule has 4 rings (SSSR count). The van der Waals surface area contributed by atoms with E-state index in [1.165, 1.54) is 0 Å². The van der Waals surface area contributed by atoms with Gasteiger partial charge < -0.3 is 19.4 Å². The summed E-state index contributed by atoms with van der Waals surface area (Å²) < 4.78 is 10.6. The van der Waals surface area contributed by atoms with E-state index in [9.17, 15) is 4.79 Å². The summed E-state index contributed by atoms with van der Waals surface area (Å²) >= 11 is 0. The first kappa shape index (κ1) is 19.9. The molecule has 1 aliphatic rings. The zero-order chi connectivity index (χ0) is 20.8. The fraction of sp³-hybridized carbons (Fsp3) is 0.348. The van der Waals surface area contributed by atoms with Gasteiger partial charge in [-0.2, -0.15) is 0 Å². The molecule has 0 unspecified atom stereocenters. The van der Waals surface area contributed by atoms with Crippen LogP contribution in [0.3, 0.4) is 0 Å². The quantitative estimate of drug-likeness (QED) is 0.648. The highest BCUT2D eigenvalue weighted by Gasteiger charge is 2.25. The standard InChI is InChI=1S/C23H26N4O3/c1-29-19-5-2-4-17(16-19)9-12-24-23(28)18-10-13-27(14-11-18)22-8-7-20(25-26-22)21-6-3-15-30-21/h2-8,15-16,18H,9-14H2,1H3,(H,24,28). The fourth-order valence-electron chi connectivity index (χ4n) is 3.72. The molecule has 7 nitrogen and oxygen atoms in total. The molecule has 0 spiro atoms. The van der Waals surface area contributed by atoms with Crippen molar-refractivity contribution in [3.63, 3.8) is 0 Å². The minimum absolute atomic E-state index is 0.0434. The summed E-state index contributed by atoms with van der Waals surface area (Å²) in [5.74, 6) is 2.56. The predicted octanol–water partition coefficient (Wildman–Crippen LogP) is 3.32. The molecule has 2 aromatic heterocycles. The third-order valence-corrected chi connectivity index (χ3v) is 5.46. The number of ether oxygens (including phenoxy) is 1. The molecule has 1 aliphatic heterocycles. The molecule has 3 heterocycles. The normalized spacial score (nSPS) is 14.5. The van der Waals surface area contributed by atoms with Gasteiger partial charge in [-0.05, 0) is 61.2 Å². The first-order valence-corrected chi connectivity index (χ1v) is 10.3. The number of rotatable bonds is 7. The van der Waals surface area contributed by atoms with Gasteiger partial charge in [-0.25, -0.2) is 0 Å². The molecule has 156 valence electrons. The van der Waals surface area contributed by atoms with E-state index >= 15 is 0 Å². The Morgan fingerprint density at radius 1 is 1.17 bits per heavy atom. The second kappa shape index (κ2) is 9.43. The van der Waals surface area contributed by atoms with Crippen LogP contribution in [0.25, 0.3) is 11.5 Å². The Morgan fingerprint density at radius 2 is 2.03 bits per heavy atom. The molecule has 1 fully saturated rings. The van der Waals surface area contributed by atoms with Gasteiger partial charge in [-0.3, -0.25) is 4.79 Å². The molecular weight excluding hydrogens is 380 g/mol. The van der Waals surface area contributed by atoms with Crippen molar-refractivity contribution in [3.8, 4) is 17.2 Å². The van der Waals surface area contributed by atoms with Gasteiger partial charge >= 0.3 is 0 Å². The monoisotopic (exact) mass is 406 g/mol. The highest BCUT2D eigenvalue weighted by molar-refractivity contribution is 5.79. The maximum absolute atomic E-state index is 12.5. The van der Waals surface area contributed by atoms with Crippen molar-refractivity contribution in [3.05, 3.63) is 60.4 Å². The summed E-state index contributed by atoms with van der Waals surface area (Å²) in [4.78, 5) is 14.7. The molecule has 0 atom stereocenters. The Balaban J connectivity index is 1.23. The predicted molar refractivity (Wildman–Crippen MR) is 114 cm³/mol. The maximum Gasteiger partial charge on any atom is 0.223 e. The highest BCUT2D eigenvalue weighted by Crippen LogP contribution is 2.23. The minimum Gasteiger partial charge on any atom is -0.497 e. The van der Waals surface area contributed by atoms with E-state index in [2.05, 4.69) is 20.4 Å². The SMILES string of the molecule is COc1cccc(CCNC(=O)C2CCN(c3ccc(-c4ccco4)nn3)CC2)c1. The van der Waals surface area contributed by atoms with E-state index < -0.39 is 0 Å². The van der Waals surface area contributed by atoms with Crippen LogP contribution >= 0.6 is 0 Å². The largest absolute Gasteiger partial charge is 0.497 e. The number of piperidine rings is 1. The number of hydrogen-bond acceptors (Lipinski definition) is 6. The molecule has 0 saturated carbocycles. The van der Waals surface area contributed by atoms with E-state index in [4.69, 9.17) is 9.15 Å².